The molecule has 3 heteroatoms. The minimum absolute atomic E-state index is 0.0704. The molecule has 0 spiro atoms. The Labute approximate surface area is 133 Å². The van der Waals surface area contributed by atoms with Crippen molar-refractivity contribution in [3.05, 3.63) is 29.3 Å². The molecular weight excluding hydrogens is 274 g/mol. The van der Waals surface area contributed by atoms with Crippen LogP contribution in [0.2, 0.25) is 0 Å². The number of rotatable bonds is 2. The lowest BCUT2D eigenvalue weighted by molar-refractivity contribution is -0.130. The molecule has 2 saturated carbocycles. The van der Waals surface area contributed by atoms with E-state index < -0.39 is 5.41 Å². The van der Waals surface area contributed by atoms with Crippen molar-refractivity contribution in [1.29, 1.82) is 0 Å². The highest BCUT2D eigenvalue weighted by Gasteiger charge is 2.72. The molecule has 120 valence electrons. The smallest absolute Gasteiger partial charge is 0.231 e. The van der Waals surface area contributed by atoms with Crippen LogP contribution in [0.4, 0.5) is 5.69 Å². The Bertz CT molecular complexity index is 636. The first-order valence-corrected chi connectivity index (χ1v) is 8.21. The van der Waals surface area contributed by atoms with E-state index in [1.165, 1.54) is 11.1 Å². The molecule has 0 aliphatic heterocycles. The number of hydrogen-bond donors (Lipinski definition) is 2. The molecule has 0 aromatic heterocycles. The molecule has 2 aliphatic rings. The van der Waals surface area contributed by atoms with Crippen LogP contribution in [-0.4, -0.2) is 17.1 Å². The number of nitrogens with one attached hydrogen (secondary N) is 1. The highest BCUT2D eigenvalue weighted by Crippen LogP contribution is 2.72. The van der Waals surface area contributed by atoms with Crippen LogP contribution in [0, 0.1) is 30.1 Å². The minimum Gasteiger partial charge on any atom is -0.393 e. The Morgan fingerprint density at radius 1 is 1.18 bits per heavy atom. The van der Waals surface area contributed by atoms with Crippen molar-refractivity contribution in [1.82, 2.24) is 0 Å². The summed E-state index contributed by atoms with van der Waals surface area (Å²) in [6.07, 6.45) is 1.97. The van der Waals surface area contributed by atoms with E-state index in [-0.39, 0.29) is 22.8 Å². The maximum atomic E-state index is 13.1. The fourth-order valence-corrected chi connectivity index (χ4v) is 4.70. The normalized spacial score (nSPS) is 35.6. The average Bonchev–Trinajstić information content (AvgIpc) is 2.73. The second kappa shape index (κ2) is 4.58. The number of hydrogen-bond acceptors (Lipinski definition) is 2. The van der Waals surface area contributed by atoms with Crippen LogP contribution in [0.5, 0.6) is 0 Å². The van der Waals surface area contributed by atoms with Gasteiger partial charge in [0.1, 0.15) is 0 Å². The summed E-state index contributed by atoms with van der Waals surface area (Å²) in [7, 11) is 0. The Balaban J connectivity index is 1.91. The van der Waals surface area contributed by atoms with Crippen LogP contribution in [0.3, 0.4) is 0 Å². The molecule has 1 amide bonds. The van der Waals surface area contributed by atoms with E-state index in [0.29, 0.717) is 6.42 Å². The Hall–Kier alpha value is -1.35. The first kappa shape index (κ1) is 15.5. The van der Waals surface area contributed by atoms with E-state index in [4.69, 9.17) is 0 Å². The monoisotopic (exact) mass is 301 g/mol. The molecule has 0 unspecified atom stereocenters. The van der Waals surface area contributed by atoms with Crippen molar-refractivity contribution in [3.8, 4) is 0 Å². The van der Waals surface area contributed by atoms with Crippen LogP contribution >= 0.6 is 0 Å². The van der Waals surface area contributed by atoms with Gasteiger partial charge >= 0.3 is 0 Å². The van der Waals surface area contributed by atoms with Crippen LogP contribution in [-0.2, 0) is 4.79 Å². The standard InChI is InChI=1S/C19H27NO2/c1-12-6-7-14(10-13(12)2)20-16(22)19-9-8-18(5,15(21)11-19)17(19,3)4/h6-7,10,15,21H,8-9,11H2,1-5H3,(H,20,22)/t15-,18+,19-/m1/s1. The molecule has 3 nitrogen and oxygen atoms in total. The lowest BCUT2D eigenvalue weighted by atomic mass is 9.64. The van der Waals surface area contributed by atoms with Gasteiger partial charge in [0, 0.05) is 5.69 Å². The summed E-state index contributed by atoms with van der Waals surface area (Å²) < 4.78 is 0. The molecule has 2 N–H and O–H groups in total. The third-order valence-corrected chi connectivity index (χ3v) is 7.17. The number of carbonyl (C=O) groups is 1. The van der Waals surface area contributed by atoms with Gasteiger partial charge in [-0.3, -0.25) is 4.79 Å². The van der Waals surface area contributed by atoms with Gasteiger partial charge in [-0.1, -0.05) is 26.8 Å². The highest BCUT2D eigenvalue weighted by molar-refractivity contribution is 5.97. The molecule has 1 aromatic rings. The van der Waals surface area contributed by atoms with Gasteiger partial charge in [0.05, 0.1) is 11.5 Å². The van der Waals surface area contributed by atoms with E-state index in [0.717, 1.165) is 18.5 Å². The second-order valence-electron chi connectivity index (χ2n) is 8.10. The van der Waals surface area contributed by atoms with Crippen molar-refractivity contribution < 1.29 is 9.90 Å². The van der Waals surface area contributed by atoms with Gasteiger partial charge in [-0.2, -0.15) is 0 Å². The first-order valence-electron chi connectivity index (χ1n) is 8.21. The van der Waals surface area contributed by atoms with Gasteiger partial charge in [0.25, 0.3) is 0 Å². The maximum absolute atomic E-state index is 13.1. The molecule has 0 radical (unpaired) electrons. The predicted octanol–water partition coefficient (Wildman–Crippen LogP) is 3.82. The zero-order valence-corrected chi connectivity index (χ0v) is 14.3. The van der Waals surface area contributed by atoms with Crippen LogP contribution in [0.15, 0.2) is 18.2 Å². The van der Waals surface area contributed by atoms with Crippen molar-refractivity contribution >= 4 is 11.6 Å². The van der Waals surface area contributed by atoms with Crippen molar-refractivity contribution in [3.63, 3.8) is 0 Å². The number of fused-ring (bicyclic) bond motifs is 2. The molecule has 2 bridgehead atoms. The molecule has 1 aromatic carbocycles. The van der Waals surface area contributed by atoms with Gasteiger partial charge in [-0.15, -0.1) is 0 Å². The van der Waals surface area contributed by atoms with Crippen molar-refractivity contribution in [2.45, 2.75) is 60.0 Å². The molecule has 0 saturated heterocycles. The van der Waals surface area contributed by atoms with Gasteiger partial charge in [-0.05, 0) is 67.2 Å². The van der Waals surface area contributed by atoms with E-state index >= 15 is 0 Å². The summed E-state index contributed by atoms with van der Waals surface area (Å²) in [5.74, 6) is 0.0704. The van der Waals surface area contributed by atoms with Crippen LogP contribution < -0.4 is 5.32 Å². The van der Waals surface area contributed by atoms with E-state index in [9.17, 15) is 9.90 Å². The predicted molar refractivity (Wildman–Crippen MR) is 88.7 cm³/mol. The first-order chi connectivity index (χ1) is 10.1. The lowest BCUT2D eigenvalue weighted by Crippen LogP contribution is -2.43. The summed E-state index contributed by atoms with van der Waals surface area (Å²) >= 11 is 0. The van der Waals surface area contributed by atoms with E-state index in [1.807, 2.05) is 18.2 Å². The molecule has 3 rings (SSSR count). The summed E-state index contributed by atoms with van der Waals surface area (Å²) in [5.41, 5.74) is 2.45. The molecule has 22 heavy (non-hydrogen) atoms. The highest BCUT2D eigenvalue weighted by atomic mass is 16.3. The third-order valence-electron chi connectivity index (χ3n) is 7.17. The minimum atomic E-state index is -0.458. The number of amides is 1. The van der Waals surface area contributed by atoms with Gasteiger partial charge in [-0.25, -0.2) is 0 Å². The van der Waals surface area contributed by atoms with E-state index in [1.54, 1.807) is 0 Å². The summed E-state index contributed by atoms with van der Waals surface area (Å²) in [6.45, 7) is 10.6. The topological polar surface area (TPSA) is 49.3 Å². The average molecular weight is 301 g/mol. The summed E-state index contributed by atoms with van der Waals surface area (Å²) in [5, 5.41) is 13.6. The zero-order valence-electron chi connectivity index (χ0n) is 14.3. The second-order valence-corrected chi connectivity index (χ2v) is 8.10. The van der Waals surface area contributed by atoms with Gasteiger partial charge in [0.15, 0.2) is 0 Å². The largest absolute Gasteiger partial charge is 0.393 e. The number of aliphatic hydroxyl groups is 1. The SMILES string of the molecule is Cc1ccc(NC(=O)[C@@]23CC[C@@](C)([C@H](O)C2)C3(C)C)cc1C. The van der Waals surface area contributed by atoms with E-state index in [2.05, 4.69) is 39.9 Å². The Morgan fingerprint density at radius 2 is 1.86 bits per heavy atom. The maximum Gasteiger partial charge on any atom is 0.231 e. The van der Waals surface area contributed by atoms with Crippen LogP contribution in [0.1, 0.15) is 51.2 Å². The molecule has 0 heterocycles. The molecule has 3 atom stereocenters. The number of benzene rings is 1. The zero-order chi connectivity index (χ0) is 16.3. The molecule has 2 aliphatic carbocycles. The fourth-order valence-electron chi connectivity index (χ4n) is 4.70. The van der Waals surface area contributed by atoms with Gasteiger partial charge < -0.3 is 10.4 Å². The van der Waals surface area contributed by atoms with Gasteiger partial charge in [0.2, 0.25) is 5.91 Å². The Morgan fingerprint density at radius 3 is 2.36 bits per heavy atom. The van der Waals surface area contributed by atoms with Crippen LogP contribution in [0.25, 0.3) is 0 Å². The number of carbonyl (C=O) groups excluding carboxylic acids is 1. The quantitative estimate of drug-likeness (QED) is 0.872. The lowest BCUT2D eigenvalue weighted by Gasteiger charge is -2.40. The van der Waals surface area contributed by atoms with Crippen molar-refractivity contribution in [2.75, 3.05) is 5.32 Å². The third kappa shape index (κ3) is 1.75. The van der Waals surface area contributed by atoms with Crippen molar-refractivity contribution in [2.24, 2.45) is 16.2 Å². The molecular formula is C19H27NO2. The summed E-state index contributed by atoms with van der Waals surface area (Å²) in [4.78, 5) is 13.1. The molecule has 2 fully saturated rings. The Kier molecular flexibility index (Phi) is 3.23. The summed E-state index contributed by atoms with van der Waals surface area (Å²) in [6, 6.07) is 6.02. The number of aliphatic hydroxyl groups excluding tert-OH is 1. The number of aryl methyl sites for hydroxylation is 2. The number of anilines is 1. The fraction of sp³-hybridized carbons (Fsp3) is 0.632.